The topological polar surface area (TPSA) is 123 Å². The Hall–Kier alpha value is -2.97. The molecule has 10 heteroatoms. The number of carbonyl (C=O) groups is 3. The molecule has 1 heterocycles. The van der Waals surface area contributed by atoms with Crippen molar-refractivity contribution in [3.05, 3.63) is 35.9 Å². The first-order valence-electron chi connectivity index (χ1n) is 17.6. The summed E-state index contributed by atoms with van der Waals surface area (Å²) in [6.07, 6.45) is 5.22. The van der Waals surface area contributed by atoms with Crippen LogP contribution in [0, 0.1) is 23.7 Å². The molecule has 0 spiro atoms. The minimum atomic E-state index is -1.06. The molecule has 3 N–H and O–H groups in total. The third-order valence-corrected chi connectivity index (χ3v) is 9.26. The van der Waals surface area contributed by atoms with Crippen LogP contribution >= 0.6 is 0 Å². The molecule has 3 amide bonds. The number of likely N-dealkylation sites (N-methyl/N-ethyl adjacent to an activating group) is 1. The third-order valence-electron chi connectivity index (χ3n) is 9.26. The molecule has 2 fully saturated rings. The van der Waals surface area contributed by atoms with Gasteiger partial charge in [-0.3, -0.25) is 19.3 Å². The number of carbonyl (C=O) groups excluding carboxylic acids is 3. The Balaban J connectivity index is 1.54. The fourth-order valence-electron chi connectivity index (χ4n) is 6.39. The number of hydrogen-bond donors (Lipinski definition) is 3. The number of nitrogens with zero attached hydrogens (tertiary/aromatic N) is 3. The van der Waals surface area contributed by atoms with E-state index in [1.54, 1.807) is 16.8 Å². The van der Waals surface area contributed by atoms with E-state index < -0.39 is 24.2 Å². The highest BCUT2D eigenvalue weighted by Gasteiger charge is 2.30. The van der Waals surface area contributed by atoms with Gasteiger partial charge in [0.05, 0.1) is 25.4 Å². The van der Waals surface area contributed by atoms with Gasteiger partial charge in [0, 0.05) is 65.6 Å². The Labute approximate surface area is 282 Å². The predicted octanol–water partition coefficient (Wildman–Crippen LogP) is 3.20. The van der Waals surface area contributed by atoms with Crippen LogP contribution in [0.15, 0.2) is 30.3 Å². The van der Waals surface area contributed by atoms with E-state index in [1.165, 1.54) is 6.42 Å². The molecule has 10 nitrogen and oxygen atoms in total. The number of ether oxygens (including phenoxy) is 1. The Bertz CT molecular complexity index is 1140. The Morgan fingerprint density at radius 3 is 2.36 bits per heavy atom. The first-order valence-corrected chi connectivity index (χ1v) is 17.6. The molecule has 0 radical (unpaired) electrons. The monoisotopic (exact) mass is 654 g/mol. The summed E-state index contributed by atoms with van der Waals surface area (Å²) >= 11 is 0. The average molecular weight is 655 g/mol. The molecule has 262 valence electrons. The third kappa shape index (κ3) is 14.8. The van der Waals surface area contributed by atoms with E-state index in [9.17, 15) is 24.6 Å². The van der Waals surface area contributed by atoms with Crippen molar-refractivity contribution in [2.24, 2.45) is 11.8 Å². The summed E-state index contributed by atoms with van der Waals surface area (Å²) in [6.45, 7) is 9.23. The molecular formula is C37H58N4O6. The highest BCUT2D eigenvalue weighted by atomic mass is 16.5. The number of aliphatic hydroxyl groups excluding tert-OH is 2. The molecule has 47 heavy (non-hydrogen) atoms. The van der Waals surface area contributed by atoms with Gasteiger partial charge in [-0.2, -0.15) is 0 Å². The lowest BCUT2D eigenvalue weighted by Crippen LogP contribution is -2.49. The smallest absolute Gasteiger partial charge is 0.296 e. The van der Waals surface area contributed by atoms with Crippen LogP contribution in [-0.4, -0.2) is 114 Å². The van der Waals surface area contributed by atoms with Crippen molar-refractivity contribution >= 4 is 17.7 Å². The van der Waals surface area contributed by atoms with Crippen LogP contribution in [0.5, 0.6) is 0 Å². The summed E-state index contributed by atoms with van der Waals surface area (Å²) in [5.41, 5.74) is 0.972. The fourth-order valence-corrected chi connectivity index (χ4v) is 6.39. The molecule has 1 saturated carbocycles. The summed E-state index contributed by atoms with van der Waals surface area (Å²) < 4.78 is 5.39. The van der Waals surface area contributed by atoms with E-state index in [-0.39, 0.29) is 37.0 Å². The molecule has 2 aliphatic rings. The molecule has 0 unspecified atom stereocenters. The first-order chi connectivity index (χ1) is 22.6. The number of nitrogens with one attached hydrogen (secondary N) is 1. The van der Waals surface area contributed by atoms with Gasteiger partial charge in [-0.05, 0) is 36.2 Å². The predicted molar refractivity (Wildman–Crippen MR) is 183 cm³/mol. The Morgan fingerprint density at radius 2 is 1.68 bits per heavy atom. The van der Waals surface area contributed by atoms with E-state index in [0.717, 1.165) is 50.9 Å². The van der Waals surface area contributed by atoms with Crippen molar-refractivity contribution in [1.29, 1.82) is 0 Å². The van der Waals surface area contributed by atoms with Crippen LogP contribution in [0.3, 0.4) is 0 Å². The number of aliphatic hydroxyl groups is 2. The number of morpholine rings is 1. The maximum Gasteiger partial charge on any atom is 0.296 e. The van der Waals surface area contributed by atoms with Crippen LogP contribution in [-0.2, 0) is 25.7 Å². The minimum absolute atomic E-state index is 0.0637. The van der Waals surface area contributed by atoms with E-state index in [1.807, 2.05) is 44.2 Å². The van der Waals surface area contributed by atoms with E-state index >= 15 is 0 Å². The van der Waals surface area contributed by atoms with Gasteiger partial charge in [-0.25, -0.2) is 0 Å². The zero-order valence-electron chi connectivity index (χ0n) is 28.9. The van der Waals surface area contributed by atoms with E-state index in [0.29, 0.717) is 51.6 Å². The van der Waals surface area contributed by atoms with Gasteiger partial charge in [-0.15, -0.1) is 0 Å². The highest BCUT2D eigenvalue weighted by molar-refractivity contribution is 5.93. The highest BCUT2D eigenvalue weighted by Crippen LogP contribution is 2.29. The van der Waals surface area contributed by atoms with Gasteiger partial charge in [0.25, 0.3) is 5.91 Å². The van der Waals surface area contributed by atoms with E-state index in [4.69, 9.17) is 4.74 Å². The maximum absolute atomic E-state index is 13.3. The van der Waals surface area contributed by atoms with Gasteiger partial charge in [0.2, 0.25) is 11.8 Å². The van der Waals surface area contributed by atoms with Crippen molar-refractivity contribution < 1.29 is 29.3 Å². The van der Waals surface area contributed by atoms with Gasteiger partial charge in [-0.1, -0.05) is 82.2 Å². The van der Waals surface area contributed by atoms with Crippen molar-refractivity contribution in [3.8, 4) is 11.8 Å². The molecule has 1 aliphatic carbocycles. The summed E-state index contributed by atoms with van der Waals surface area (Å²) in [6, 6.07) is 9.10. The minimum Gasteiger partial charge on any atom is -0.390 e. The molecule has 3 atom stereocenters. The quantitative estimate of drug-likeness (QED) is 0.221. The molecular weight excluding hydrogens is 596 g/mol. The van der Waals surface area contributed by atoms with Crippen molar-refractivity contribution in [1.82, 2.24) is 20.0 Å². The molecule has 1 aromatic carbocycles. The first kappa shape index (κ1) is 38.5. The molecule has 1 aromatic rings. The second kappa shape index (κ2) is 21.1. The summed E-state index contributed by atoms with van der Waals surface area (Å²) in [7, 11) is 1.78. The number of benzene rings is 1. The van der Waals surface area contributed by atoms with Crippen molar-refractivity contribution in [3.63, 3.8) is 0 Å². The Morgan fingerprint density at radius 1 is 1.00 bits per heavy atom. The summed E-state index contributed by atoms with van der Waals surface area (Å²) in [5.74, 6) is 5.48. The van der Waals surface area contributed by atoms with E-state index in [2.05, 4.69) is 22.1 Å². The SMILES string of the molecule is CC(C)C[C@H](O)[C@H](O)[C@@H](CC1CCCCC1)NC(=O)C#CCCN(Cc1ccccc1)C(=O)CCC(=O)N(C)CCN1CCOCC1. The molecule has 3 rings (SSSR count). The number of rotatable bonds is 17. The molecule has 1 aliphatic heterocycles. The lowest BCUT2D eigenvalue weighted by atomic mass is 9.82. The summed E-state index contributed by atoms with van der Waals surface area (Å²) in [5, 5.41) is 24.5. The second-order valence-electron chi connectivity index (χ2n) is 13.6. The molecule has 1 saturated heterocycles. The fraction of sp³-hybridized carbons (Fsp3) is 0.703. The normalized spacial score (nSPS) is 17.7. The summed E-state index contributed by atoms with van der Waals surface area (Å²) in [4.78, 5) is 44.7. The largest absolute Gasteiger partial charge is 0.390 e. The van der Waals surface area contributed by atoms with Crippen LogP contribution in [0.25, 0.3) is 0 Å². The zero-order chi connectivity index (χ0) is 34.0. The van der Waals surface area contributed by atoms with Crippen molar-refractivity contribution in [2.75, 3.05) is 53.0 Å². The van der Waals surface area contributed by atoms with Gasteiger partial charge in [0.1, 0.15) is 6.10 Å². The standard InChI is InChI=1S/C37H58N4O6/c1-29(2)26-33(42)37(46)32(27-30-12-6-4-7-13-30)38-34(43)16-10-11-19-41(28-31-14-8-5-9-15-31)36(45)18-17-35(44)39(3)20-21-40-22-24-47-25-23-40/h5,8-9,14-15,29-30,32-33,37,42,46H,4,6-7,11-13,17-28H2,1-3H3,(H,38,43)/t32-,33+,37-/m1/s1. The van der Waals surface area contributed by atoms with Crippen LogP contribution in [0.1, 0.15) is 83.6 Å². The lowest BCUT2D eigenvalue weighted by molar-refractivity contribution is -0.136. The van der Waals surface area contributed by atoms with Crippen molar-refractivity contribution in [2.45, 2.75) is 103 Å². The lowest BCUT2D eigenvalue weighted by Gasteiger charge is -2.32. The average Bonchev–Trinajstić information content (AvgIpc) is 3.07. The van der Waals surface area contributed by atoms with Gasteiger partial charge >= 0.3 is 0 Å². The second-order valence-corrected chi connectivity index (χ2v) is 13.6. The maximum atomic E-state index is 13.3. The zero-order valence-corrected chi connectivity index (χ0v) is 28.9. The Kier molecular flexibility index (Phi) is 17.3. The number of amides is 3. The van der Waals surface area contributed by atoms with Crippen LogP contribution < -0.4 is 5.32 Å². The van der Waals surface area contributed by atoms with Gasteiger partial charge in [0.15, 0.2) is 0 Å². The van der Waals surface area contributed by atoms with Crippen LogP contribution in [0.4, 0.5) is 0 Å². The number of hydrogen-bond acceptors (Lipinski definition) is 7. The molecule has 0 aromatic heterocycles. The van der Waals surface area contributed by atoms with Crippen LogP contribution in [0.2, 0.25) is 0 Å². The molecule has 0 bridgehead atoms. The van der Waals surface area contributed by atoms with Gasteiger partial charge < -0.3 is 30.1 Å².